The summed E-state index contributed by atoms with van der Waals surface area (Å²) in [6, 6.07) is 7.09. The molecule has 1 aliphatic heterocycles. The summed E-state index contributed by atoms with van der Waals surface area (Å²) in [5, 5.41) is 3.83. The van der Waals surface area contributed by atoms with Gasteiger partial charge in [0.15, 0.2) is 5.76 Å². The predicted octanol–water partition coefficient (Wildman–Crippen LogP) is 2.94. The molecule has 5 heteroatoms. The van der Waals surface area contributed by atoms with Gasteiger partial charge in [-0.2, -0.15) is 0 Å². The van der Waals surface area contributed by atoms with Gasteiger partial charge in [-0.05, 0) is 19.1 Å². The third-order valence-corrected chi connectivity index (χ3v) is 2.82. The minimum atomic E-state index is -0.958. The number of fused-ring (bicyclic) bond motifs is 1. The molecule has 3 rings (SSSR count). The van der Waals surface area contributed by atoms with Crippen LogP contribution in [-0.2, 0) is 4.74 Å². The van der Waals surface area contributed by atoms with E-state index in [1.807, 2.05) is 6.92 Å². The molecule has 0 amide bonds. The van der Waals surface area contributed by atoms with E-state index in [1.165, 1.54) is 0 Å². The quantitative estimate of drug-likeness (QED) is 0.737. The normalized spacial score (nSPS) is 16.5. The lowest BCUT2D eigenvalue weighted by Crippen LogP contribution is -2.39. The van der Waals surface area contributed by atoms with E-state index in [-0.39, 0.29) is 0 Å². The monoisotopic (exact) mass is 259 g/mol. The first-order valence-electron chi connectivity index (χ1n) is 5.95. The van der Waals surface area contributed by atoms with E-state index in [1.54, 1.807) is 38.1 Å². The maximum Gasteiger partial charge on any atom is 0.345 e. The summed E-state index contributed by atoms with van der Waals surface area (Å²) in [4.78, 5) is 12.1. The lowest BCUT2D eigenvalue weighted by molar-refractivity contribution is -0.127. The van der Waals surface area contributed by atoms with Crippen molar-refractivity contribution in [2.45, 2.75) is 26.6 Å². The zero-order chi connectivity index (χ0) is 13.6. The smallest absolute Gasteiger partial charge is 0.345 e. The van der Waals surface area contributed by atoms with Crippen LogP contribution in [0.15, 0.2) is 28.8 Å². The molecule has 1 aliphatic rings. The molecule has 2 heterocycles. The van der Waals surface area contributed by atoms with Crippen molar-refractivity contribution in [1.82, 2.24) is 5.16 Å². The summed E-state index contributed by atoms with van der Waals surface area (Å²) in [5.41, 5.74) is 1.75. The van der Waals surface area contributed by atoms with Gasteiger partial charge < -0.3 is 14.0 Å². The van der Waals surface area contributed by atoms with Crippen LogP contribution in [0.3, 0.4) is 0 Å². The fourth-order valence-electron chi connectivity index (χ4n) is 2.08. The molecule has 0 aliphatic carbocycles. The van der Waals surface area contributed by atoms with Crippen molar-refractivity contribution in [3.05, 3.63) is 35.5 Å². The minimum absolute atomic E-state index is 0.373. The van der Waals surface area contributed by atoms with Gasteiger partial charge >= 0.3 is 5.97 Å². The number of hydrogen-bond acceptors (Lipinski definition) is 5. The first-order chi connectivity index (χ1) is 8.96. The number of ether oxygens (including phenoxy) is 2. The van der Waals surface area contributed by atoms with Crippen molar-refractivity contribution in [2.75, 3.05) is 0 Å². The van der Waals surface area contributed by atoms with Crippen LogP contribution in [0, 0.1) is 6.92 Å². The van der Waals surface area contributed by atoms with Crippen molar-refractivity contribution < 1.29 is 18.8 Å². The lowest BCUT2D eigenvalue weighted by Gasteiger charge is -2.32. The molecule has 0 radical (unpaired) electrons. The highest BCUT2D eigenvalue weighted by atomic mass is 16.7. The number of aromatic nitrogens is 1. The van der Waals surface area contributed by atoms with Crippen LogP contribution >= 0.6 is 0 Å². The Morgan fingerprint density at radius 1 is 1.21 bits per heavy atom. The van der Waals surface area contributed by atoms with Crippen molar-refractivity contribution in [2.24, 2.45) is 0 Å². The summed E-state index contributed by atoms with van der Waals surface area (Å²) in [5.74, 6) is -0.363. The second-order valence-electron chi connectivity index (χ2n) is 4.90. The highest BCUT2D eigenvalue weighted by Crippen LogP contribution is 2.37. The third kappa shape index (κ3) is 1.97. The zero-order valence-electron chi connectivity index (χ0n) is 10.9. The molecule has 19 heavy (non-hydrogen) atoms. The summed E-state index contributed by atoms with van der Waals surface area (Å²) in [7, 11) is 0. The van der Waals surface area contributed by atoms with Gasteiger partial charge in [0.1, 0.15) is 11.3 Å². The Bertz CT molecular complexity index is 657. The van der Waals surface area contributed by atoms with Gasteiger partial charge in [0.2, 0.25) is 5.79 Å². The van der Waals surface area contributed by atoms with E-state index in [0.29, 0.717) is 22.6 Å². The average molecular weight is 259 g/mol. The van der Waals surface area contributed by atoms with Crippen molar-refractivity contribution in [1.29, 1.82) is 0 Å². The summed E-state index contributed by atoms with van der Waals surface area (Å²) in [6.45, 7) is 5.21. The molecular weight excluding hydrogens is 246 g/mol. The summed E-state index contributed by atoms with van der Waals surface area (Å²) in [6.07, 6.45) is 0. The van der Waals surface area contributed by atoms with Crippen molar-refractivity contribution in [3.63, 3.8) is 0 Å². The first-order valence-corrected chi connectivity index (χ1v) is 5.95. The largest absolute Gasteiger partial charge is 0.452 e. The number of carbonyl (C=O) groups is 1. The van der Waals surface area contributed by atoms with Gasteiger partial charge in [-0.1, -0.05) is 11.2 Å². The molecule has 0 fully saturated rings. The molecule has 1 aromatic carbocycles. The third-order valence-electron chi connectivity index (χ3n) is 2.82. The number of rotatable bonds is 1. The van der Waals surface area contributed by atoms with E-state index < -0.39 is 11.8 Å². The molecule has 0 spiro atoms. The van der Waals surface area contributed by atoms with Crippen LogP contribution in [0.1, 0.15) is 29.9 Å². The van der Waals surface area contributed by atoms with Crippen molar-refractivity contribution >= 4 is 5.97 Å². The Hall–Kier alpha value is -2.30. The highest BCUT2D eigenvalue weighted by Gasteiger charge is 2.36. The Labute approximate surface area is 110 Å². The Balaban J connectivity index is 2.17. The zero-order valence-corrected chi connectivity index (χ0v) is 10.9. The number of cyclic esters (lactones) is 1. The van der Waals surface area contributed by atoms with E-state index in [2.05, 4.69) is 5.16 Å². The van der Waals surface area contributed by atoms with Crippen LogP contribution in [0.2, 0.25) is 0 Å². The number of carbonyl (C=O) groups excluding carboxylic acids is 1. The van der Waals surface area contributed by atoms with Crippen LogP contribution in [0.25, 0.3) is 11.3 Å². The van der Waals surface area contributed by atoms with E-state index in [4.69, 9.17) is 14.0 Å². The topological polar surface area (TPSA) is 61.6 Å². The number of nitrogens with zero attached hydrogens (tertiary/aromatic N) is 1. The van der Waals surface area contributed by atoms with Gasteiger partial charge in [-0.15, -0.1) is 0 Å². The fourth-order valence-corrected chi connectivity index (χ4v) is 2.08. The number of aryl methyl sites for hydroxylation is 1. The van der Waals surface area contributed by atoms with Gasteiger partial charge in [-0.3, -0.25) is 0 Å². The van der Waals surface area contributed by atoms with E-state index >= 15 is 0 Å². The highest BCUT2D eigenvalue weighted by molar-refractivity contribution is 6.00. The second kappa shape index (κ2) is 3.85. The molecule has 5 nitrogen and oxygen atoms in total. The SMILES string of the molecule is Cc1cc(-c2cccc3c2C(=O)OC(C)(C)O3)on1. The molecule has 0 saturated heterocycles. The average Bonchev–Trinajstić information content (AvgIpc) is 2.73. The van der Waals surface area contributed by atoms with Crippen LogP contribution in [0.5, 0.6) is 5.75 Å². The molecule has 1 aromatic heterocycles. The summed E-state index contributed by atoms with van der Waals surface area (Å²) >= 11 is 0. The fraction of sp³-hybridized carbons (Fsp3) is 0.286. The van der Waals surface area contributed by atoms with Crippen LogP contribution in [0.4, 0.5) is 0 Å². The van der Waals surface area contributed by atoms with Gasteiger partial charge in [0.25, 0.3) is 0 Å². The maximum absolute atomic E-state index is 12.1. The molecule has 0 atom stereocenters. The standard InChI is InChI=1S/C14H13NO4/c1-8-7-11(19-15-8)9-5-4-6-10-12(9)13(16)18-14(2,3)17-10/h4-7H,1-3H3. The molecule has 0 unspecified atom stereocenters. The Morgan fingerprint density at radius 3 is 2.68 bits per heavy atom. The maximum atomic E-state index is 12.1. The molecule has 2 aromatic rings. The second-order valence-corrected chi connectivity index (χ2v) is 4.90. The minimum Gasteiger partial charge on any atom is -0.452 e. The molecule has 0 bridgehead atoms. The number of hydrogen-bond donors (Lipinski definition) is 0. The first kappa shape index (κ1) is 11.8. The summed E-state index contributed by atoms with van der Waals surface area (Å²) < 4.78 is 16.1. The molecule has 98 valence electrons. The Morgan fingerprint density at radius 2 is 2.00 bits per heavy atom. The number of benzene rings is 1. The number of esters is 1. The van der Waals surface area contributed by atoms with Gasteiger partial charge in [0.05, 0.1) is 5.69 Å². The van der Waals surface area contributed by atoms with E-state index in [9.17, 15) is 4.79 Å². The molecule has 0 saturated carbocycles. The van der Waals surface area contributed by atoms with Crippen LogP contribution in [-0.4, -0.2) is 16.9 Å². The van der Waals surface area contributed by atoms with Crippen LogP contribution < -0.4 is 4.74 Å². The Kier molecular flexibility index (Phi) is 2.38. The van der Waals surface area contributed by atoms with E-state index in [0.717, 1.165) is 5.69 Å². The lowest BCUT2D eigenvalue weighted by atomic mass is 10.0. The predicted molar refractivity (Wildman–Crippen MR) is 66.8 cm³/mol. The van der Waals surface area contributed by atoms with Gasteiger partial charge in [-0.25, -0.2) is 4.79 Å². The molecule has 0 N–H and O–H groups in total. The van der Waals surface area contributed by atoms with Crippen molar-refractivity contribution in [3.8, 4) is 17.1 Å². The molecular formula is C14H13NO4. The van der Waals surface area contributed by atoms with Gasteiger partial charge in [0, 0.05) is 25.5 Å².